The van der Waals surface area contributed by atoms with E-state index in [2.05, 4.69) is 56.8 Å². The van der Waals surface area contributed by atoms with Crippen LogP contribution in [0, 0.1) is 5.92 Å². The van der Waals surface area contributed by atoms with Crippen molar-refractivity contribution in [3.63, 3.8) is 0 Å². The van der Waals surface area contributed by atoms with Crippen LogP contribution >= 0.6 is 0 Å². The number of rotatable bonds is 13. The van der Waals surface area contributed by atoms with E-state index in [1.165, 1.54) is 73.6 Å². The van der Waals surface area contributed by atoms with Crippen molar-refractivity contribution in [1.82, 2.24) is 0 Å². The first-order chi connectivity index (χ1) is 17.5. The second-order valence-electron chi connectivity index (χ2n) is 10.6. The van der Waals surface area contributed by atoms with Gasteiger partial charge in [-0.25, -0.2) is 4.79 Å². The maximum atomic E-state index is 12.1. The van der Waals surface area contributed by atoms with Crippen molar-refractivity contribution in [1.29, 1.82) is 0 Å². The van der Waals surface area contributed by atoms with Crippen LogP contribution in [0.15, 0.2) is 48.6 Å². The number of aliphatic hydroxyl groups excluding tert-OH is 1. The molecule has 0 unspecified atom stereocenters. The molecule has 0 saturated heterocycles. The number of benzene rings is 2. The summed E-state index contributed by atoms with van der Waals surface area (Å²) in [4.78, 5) is 12.1. The fourth-order valence-electron chi connectivity index (χ4n) is 5.76. The van der Waals surface area contributed by atoms with Gasteiger partial charge in [0.05, 0.1) is 0 Å². The summed E-state index contributed by atoms with van der Waals surface area (Å²) in [6.07, 6.45) is 13.2. The van der Waals surface area contributed by atoms with Gasteiger partial charge in [0.1, 0.15) is 6.61 Å². The maximum absolute atomic E-state index is 12.1. The van der Waals surface area contributed by atoms with E-state index in [1.807, 2.05) is 0 Å². The second-order valence-corrected chi connectivity index (χ2v) is 10.6. The molecule has 0 atom stereocenters. The number of carbonyl (C=O) groups excluding carboxylic acids is 1. The molecule has 1 N–H and O–H groups in total. The van der Waals surface area contributed by atoms with Crippen molar-refractivity contribution in [3.8, 4) is 11.1 Å². The van der Waals surface area contributed by atoms with Crippen LogP contribution in [-0.4, -0.2) is 17.7 Å². The van der Waals surface area contributed by atoms with Gasteiger partial charge in [-0.2, -0.15) is 0 Å². The molecular weight excluding hydrogens is 444 g/mol. The van der Waals surface area contributed by atoms with Crippen molar-refractivity contribution < 1.29 is 14.6 Å². The Balaban J connectivity index is 1.77. The Labute approximate surface area is 219 Å². The number of carbonyl (C=O) groups is 1. The summed E-state index contributed by atoms with van der Waals surface area (Å²) in [7, 11) is 0. The summed E-state index contributed by atoms with van der Waals surface area (Å²) in [6.45, 7) is 10.2. The van der Waals surface area contributed by atoms with Crippen LogP contribution in [-0.2, 0) is 29.0 Å². The first-order valence-corrected chi connectivity index (χ1v) is 14.2. The van der Waals surface area contributed by atoms with Crippen LogP contribution in [0.3, 0.4) is 0 Å². The molecule has 2 aromatic rings. The van der Waals surface area contributed by atoms with E-state index < -0.39 is 0 Å². The first kappa shape index (κ1) is 28.2. The lowest BCUT2D eigenvalue weighted by atomic mass is 9.77. The Morgan fingerprint density at radius 1 is 0.972 bits per heavy atom. The largest absolute Gasteiger partial charge is 0.457 e. The molecule has 2 aromatic carbocycles. The van der Waals surface area contributed by atoms with Crippen LogP contribution in [0.2, 0.25) is 0 Å². The summed E-state index contributed by atoms with van der Waals surface area (Å²) in [5, 5.41) is 9.37. The van der Waals surface area contributed by atoms with Gasteiger partial charge in [0.15, 0.2) is 0 Å². The maximum Gasteiger partial charge on any atom is 0.333 e. The average molecular weight is 491 g/mol. The monoisotopic (exact) mass is 490 g/mol. The Morgan fingerprint density at radius 3 is 2.31 bits per heavy atom. The normalized spacial score (nSPS) is 17.7. The molecule has 1 aliphatic carbocycles. The average Bonchev–Trinajstić information content (AvgIpc) is 2.90. The predicted octanol–water partition coefficient (Wildman–Crippen LogP) is 8.31. The Hall–Kier alpha value is -2.39. The SMILES string of the molecule is C=C(C)C(=O)OCc1c(CCCO)ccc(-c2ccc(C3CCC(CCCCC)CC3)cc2)c1CC. The second kappa shape index (κ2) is 14.4. The van der Waals surface area contributed by atoms with E-state index in [1.54, 1.807) is 6.92 Å². The molecule has 0 spiro atoms. The summed E-state index contributed by atoms with van der Waals surface area (Å²) in [5.41, 5.74) is 7.74. The molecule has 196 valence electrons. The van der Waals surface area contributed by atoms with Gasteiger partial charge < -0.3 is 9.84 Å². The topological polar surface area (TPSA) is 46.5 Å². The Morgan fingerprint density at radius 2 is 1.69 bits per heavy atom. The highest BCUT2D eigenvalue weighted by Crippen LogP contribution is 2.39. The molecule has 0 aliphatic heterocycles. The number of ether oxygens (including phenoxy) is 1. The highest BCUT2D eigenvalue weighted by Gasteiger charge is 2.22. The lowest BCUT2D eigenvalue weighted by molar-refractivity contribution is -0.140. The van der Waals surface area contributed by atoms with Crippen LogP contribution in [0.5, 0.6) is 0 Å². The molecule has 36 heavy (non-hydrogen) atoms. The lowest BCUT2D eigenvalue weighted by Crippen LogP contribution is -2.13. The third-order valence-electron chi connectivity index (χ3n) is 7.94. The van der Waals surface area contributed by atoms with Crippen molar-refractivity contribution in [3.05, 3.63) is 70.8 Å². The molecule has 0 aromatic heterocycles. The third-order valence-corrected chi connectivity index (χ3v) is 7.94. The molecule has 0 radical (unpaired) electrons. The molecule has 3 rings (SSSR count). The minimum absolute atomic E-state index is 0.149. The van der Waals surface area contributed by atoms with Crippen molar-refractivity contribution in [2.75, 3.05) is 6.61 Å². The van der Waals surface area contributed by atoms with E-state index in [-0.39, 0.29) is 19.2 Å². The quantitative estimate of drug-likeness (QED) is 0.174. The molecule has 1 saturated carbocycles. The minimum atomic E-state index is -0.361. The van der Waals surface area contributed by atoms with Crippen molar-refractivity contribution >= 4 is 5.97 Å². The Bertz CT molecular complexity index is 981. The lowest BCUT2D eigenvalue weighted by Gasteiger charge is -2.29. The predicted molar refractivity (Wildman–Crippen MR) is 150 cm³/mol. The highest BCUT2D eigenvalue weighted by atomic mass is 16.5. The smallest absolute Gasteiger partial charge is 0.333 e. The van der Waals surface area contributed by atoms with Gasteiger partial charge in [-0.3, -0.25) is 0 Å². The fourth-order valence-corrected chi connectivity index (χ4v) is 5.76. The summed E-state index contributed by atoms with van der Waals surface area (Å²) >= 11 is 0. The molecule has 0 heterocycles. The van der Waals surface area contributed by atoms with E-state index in [0.717, 1.165) is 29.9 Å². The molecule has 0 bridgehead atoms. The number of unbranched alkanes of at least 4 members (excludes halogenated alkanes) is 2. The molecule has 3 nitrogen and oxygen atoms in total. The van der Waals surface area contributed by atoms with E-state index in [9.17, 15) is 9.90 Å². The Kier molecular flexibility index (Phi) is 11.3. The molecule has 1 fully saturated rings. The molecule has 1 aliphatic rings. The van der Waals surface area contributed by atoms with Crippen molar-refractivity contribution in [2.45, 2.75) is 104 Å². The van der Waals surface area contributed by atoms with Gasteiger partial charge in [-0.05, 0) is 97.1 Å². The third kappa shape index (κ3) is 7.56. The zero-order valence-electron chi connectivity index (χ0n) is 22.8. The summed E-state index contributed by atoms with van der Waals surface area (Å²) < 4.78 is 5.58. The van der Waals surface area contributed by atoms with Crippen LogP contribution in [0.1, 0.15) is 107 Å². The zero-order valence-corrected chi connectivity index (χ0v) is 22.8. The molecule has 0 amide bonds. The number of hydrogen-bond acceptors (Lipinski definition) is 3. The van der Waals surface area contributed by atoms with Gasteiger partial charge in [0.2, 0.25) is 0 Å². The van der Waals surface area contributed by atoms with Gasteiger partial charge in [0, 0.05) is 12.2 Å². The van der Waals surface area contributed by atoms with Gasteiger partial charge in [-0.15, -0.1) is 0 Å². The standard InChI is InChI=1S/C33H46O3/c1-5-7-8-10-25-12-14-26(15-13-25)27-16-18-29(19-17-27)31-21-20-28(11-9-22-34)32(30(31)6-2)23-36-33(35)24(3)4/h16-21,25-26,34H,3,5-15,22-23H2,1-2,4H3. The number of hydrogen-bond donors (Lipinski definition) is 1. The minimum Gasteiger partial charge on any atom is -0.457 e. The summed E-state index contributed by atoms with van der Waals surface area (Å²) in [5.74, 6) is 1.26. The van der Waals surface area contributed by atoms with Crippen LogP contribution in [0.25, 0.3) is 11.1 Å². The van der Waals surface area contributed by atoms with Crippen LogP contribution < -0.4 is 0 Å². The zero-order chi connectivity index (χ0) is 25.9. The number of esters is 1. The molecular formula is C33H46O3. The fraction of sp³-hybridized carbons (Fsp3) is 0.545. The van der Waals surface area contributed by atoms with Gasteiger partial charge in [-0.1, -0.05) is 82.5 Å². The number of aryl methyl sites for hydroxylation is 1. The first-order valence-electron chi connectivity index (χ1n) is 14.2. The van der Waals surface area contributed by atoms with E-state index in [0.29, 0.717) is 17.9 Å². The van der Waals surface area contributed by atoms with Crippen molar-refractivity contribution in [2.24, 2.45) is 5.92 Å². The van der Waals surface area contributed by atoms with Gasteiger partial charge in [0.25, 0.3) is 0 Å². The summed E-state index contributed by atoms with van der Waals surface area (Å²) in [6, 6.07) is 13.5. The van der Waals surface area contributed by atoms with Gasteiger partial charge >= 0.3 is 5.97 Å². The van der Waals surface area contributed by atoms with Crippen LogP contribution in [0.4, 0.5) is 0 Å². The van der Waals surface area contributed by atoms with E-state index >= 15 is 0 Å². The van der Waals surface area contributed by atoms with E-state index in [4.69, 9.17) is 4.74 Å². The highest BCUT2D eigenvalue weighted by molar-refractivity contribution is 5.87. The molecule has 3 heteroatoms. The number of aliphatic hydroxyl groups is 1.